The van der Waals surface area contributed by atoms with Crippen LogP contribution < -0.4 is 5.32 Å². The maximum atomic E-state index is 12.8. The van der Waals surface area contributed by atoms with Crippen LogP contribution >= 0.6 is 35.3 Å². The zero-order chi connectivity index (χ0) is 21.9. The molecule has 0 bridgehead atoms. The summed E-state index contributed by atoms with van der Waals surface area (Å²) in [5.41, 5.74) is 0.787. The summed E-state index contributed by atoms with van der Waals surface area (Å²) in [4.78, 5) is 49.5. The van der Waals surface area contributed by atoms with Crippen LogP contribution in [0.3, 0.4) is 0 Å². The van der Waals surface area contributed by atoms with Gasteiger partial charge in [-0.25, -0.2) is 4.79 Å². The quantitative estimate of drug-likeness (QED) is 0.514. The summed E-state index contributed by atoms with van der Waals surface area (Å²) in [6, 6.07) is 15.7. The summed E-state index contributed by atoms with van der Waals surface area (Å²) in [5.74, 6) is -1.28. The lowest BCUT2D eigenvalue weighted by molar-refractivity contribution is -0.141. The highest BCUT2D eigenvalue weighted by molar-refractivity contribution is 8.31. The van der Waals surface area contributed by atoms with Gasteiger partial charge in [0, 0.05) is 11.1 Å². The van der Waals surface area contributed by atoms with Crippen LogP contribution in [0.15, 0.2) is 60.7 Å². The molecule has 0 heterocycles. The van der Waals surface area contributed by atoms with Gasteiger partial charge in [-0.2, -0.15) is 11.8 Å². The molecule has 9 heteroatoms. The molecule has 0 aliphatic carbocycles. The lowest BCUT2D eigenvalue weighted by atomic mass is 10.2. The highest BCUT2D eigenvalue weighted by Crippen LogP contribution is 2.30. The molecule has 2 aromatic carbocycles. The summed E-state index contributed by atoms with van der Waals surface area (Å²) in [6.07, 6.45) is 2.08. The second kappa shape index (κ2) is 12.5. The number of carboxylic acid groups (broad SMARTS) is 1. The van der Waals surface area contributed by atoms with Crippen molar-refractivity contribution < 1.29 is 24.3 Å². The fourth-order valence-electron chi connectivity index (χ4n) is 2.34. The summed E-state index contributed by atoms with van der Waals surface area (Å²) in [7, 11) is 0. The van der Waals surface area contributed by atoms with Gasteiger partial charge < -0.3 is 10.4 Å². The van der Waals surface area contributed by atoms with Gasteiger partial charge in [0.25, 0.3) is 0 Å². The number of carbonyl (C=O) groups excluding carboxylic acids is 3. The topological polar surface area (TPSA) is 101 Å². The lowest BCUT2D eigenvalue weighted by Crippen LogP contribution is -2.44. The highest BCUT2D eigenvalue weighted by Gasteiger charge is 2.30. The third-order valence-corrected chi connectivity index (χ3v) is 6.86. The van der Waals surface area contributed by atoms with Gasteiger partial charge in [0.15, 0.2) is 0 Å². The number of benzene rings is 2. The van der Waals surface area contributed by atoms with Gasteiger partial charge in [-0.1, -0.05) is 84.2 Å². The Morgan fingerprint density at radius 3 is 1.73 bits per heavy atom. The van der Waals surface area contributed by atoms with Gasteiger partial charge in [0.05, 0.1) is 0 Å². The van der Waals surface area contributed by atoms with Crippen molar-refractivity contribution in [2.75, 3.05) is 12.0 Å². The van der Waals surface area contributed by atoms with Crippen molar-refractivity contribution in [3.63, 3.8) is 0 Å². The van der Waals surface area contributed by atoms with Crippen molar-refractivity contribution in [1.82, 2.24) is 5.32 Å². The molecule has 0 radical (unpaired) electrons. The molecule has 0 aromatic heterocycles. The van der Waals surface area contributed by atoms with Gasteiger partial charge >= 0.3 is 5.97 Å². The van der Waals surface area contributed by atoms with E-state index in [1.165, 1.54) is 11.8 Å². The van der Waals surface area contributed by atoms with Crippen LogP contribution in [0.1, 0.15) is 27.1 Å². The number of rotatable bonds is 10. The molecular formula is C21H21NO5S3. The molecule has 0 fully saturated rings. The third kappa shape index (κ3) is 7.55. The average Bonchev–Trinajstić information content (AvgIpc) is 2.76. The Morgan fingerprint density at radius 2 is 1.33 bits per heavy atom. The molecular weight excluding hydrogens is 442 g/mol. The molecule has 0 saturated heterocycles. The monoisotopic (exact) mass is 463 g/mol. The zero-order valence-electron chi connectivity index (χ0n) is 16.1. The maximum absolute atomic E-state index is 12.8. The van der Waals surface area contributed by atoms with Gasteiger partial charge in [-0.05, 0) is 18.4 Å². The van der Waals surface area contributed by atoms with E-state index in [4.69, 9.17) is 0 Å². The van der Waals surface area contributed by atoms with Gasteiger partial charge in [0.2, 0.25) is 16.1 Å². The summed E-state index contributed by atoms with van der Waals surface area (Å²) in [5, 5.41) is 11.1. The molecule has 158 valence electrons. The molecule has 0 spiro atoms. The van der Waals surface area contributed by atoms with Crippen molar-refractivity contribution in [2.45, 2.75) is 17.0 Å². The molecule has 30 heavy (non-hydrogen) atoms. The van der Waals surface area contributed by atoms with E-state index in [0.717, 1.165) is 0 Å². The smallest absolute Gasteiger partial charge is 0.326 e. The van der Waals surface area contributed by atoms with Crippen molar-refractivity contribution in [3.8, 4) is 0 Å². The fraction of sp³-hybridized carbons (Fsp3) is 0.238. The third-order valence-electron chi connectivity index (χ3n) is 3.89. The van der Waals surface area contributed by atoms with Gasteiger partial charge in [0.1, 0.15) is 10.6 Å². The van der Waals surface area contributed by atoms with Gasteiger partial charge in [-0.15, -0.1) is 0 Å². The predicted molar refractivity (Wildman–Crippen MR) is 123 cm³/mol. The number of carboxylic acids is 1. The fourth-order valence-corrected chi connectivity index (χ4v) is 4.81. The second-order valence-corrected chi connectivity index (χ2v) is 9.50. The number of amides is 1. The van der Waals surface area contributed by atoms with Crippen LogP contribution in [0.5, 0.6) is 0 Å². The van der Waals surface area contributed by atoms with Crippen LogP contribution in [-0.2, 0) is 9.59 Å². The predicted octanol–water partition coefficient (Wildman–Crippen LogP) is 3.78. The maximum Gasteiger partial charge on any atom is 0.326 e. The second-order valence-electron chi connectivity index (χ2n) is 6.06. The van der Waals surface area contributed by atoms with Crippen molar-refractivity contribution >= 4 is 57.4 Å². The number of thioether (sulfide) groups is 3. The molecule has 1 amide bonds. The average molecular weight is 464 g/mol. The first-order chi connectivity index (χ1) is 14.4. The van der Waals surface area contributed by atoms with Gasteiger partial charge in [-0.3, -0.25) is 14.4 Å². The summed E-state index contributed by atoms with van der Waals surface area (Å²) < 4.78 is -1.12. The molecule has 0 aliphatic heterocycles. The number of carbonyl (C=O) groups is 4. The van der Waals surface area contributed by atoms with Crippen LogP contribution in [-0.4, -0.2) is 49.8 Å². The van der Waals surface area contributed by atoms with Crippen LogP contribution in [0.25, 0.3) is 0 Å². The number of nitrogens with one attached hydrogen (secondary N) is 1. The Morgan fingerprint density at radius 1 is 0.867 bits per heavy atom. The van der Waals surface area contributed by atoms with Crippen molar-refractivity contribution in [3.05, 3.63) is 71.8 Å². The van der Waals surface area contributed by atoms with Crippen LogP contribution in [0.4, 0.5) is 0 Å². The first kappa shape index (κ1) is 24.0. The van der Waals surface area contributed by atoms with E-state index in [9.17, 15) is 24.3 Å². The largest absolute Gasteiger partial charge is 0.480 e. The van der Waals surface area contributed by atoms with E-state index >= 15 is 0 Å². The minimum Gasteiger partial charge on any atom is -0.480 e. The molecule has 1 unspecified atom stereocenters. The van der Waals surface area contributed by atoms with E-state index in [0.29, 0.717) is 40.4 Å². The number of hydrogen-bond acceptors (Lipinski definition) is 7. The van der Waals surface area contributed by atoms with E-state index < -0.39 is 22.5 Å². The van der Waals surface area contributed by atoms with Crippen molar-refractivity contribution in [2.24, 2.45) is 0 Å². The Balaban J connectivity index is 2.18. The normalized spacial score (nSPS) is 11.7. The Hall–Kier alpha value is -2.23. The lowest BCUT2D eigenvalue weighted by Gasteiger charge is -2.19. The van der Waals surface area contributed by atoms with E-state index in [2.05, 4.69) is 5.32 Å². The van der Waals surface area contributed by atoms with Crippen molar-refractivity contribution in [1.29, 1.82) is 0 Å². The summed E-state index contributed by atoms with van der Waals surface area (Å²) in [6.45, 7) is 0. The Bertz CT molecular complexity index is 823. The number of hydrogen-bond donors (Lipinski definition) is 2. The first-order valence-electron chi connectivity index (χ1n) is 8.96. The Labute approximate surface area is 187 Å². The van der Waals surface area contributed by atoms with Crippen LogP contribution in [0.2, 0.25) is 0 Å². The minimum atomic E-state index is -1.16. The van der Waals surface area contributed by atoms with E-state index in [-0.39, 0.29) is 16.7 Å². The van der Waals surface area contributed by atoms with E-state index in [1.54, 1.807) is 60.7 Å². The molecule has 0 aliphatic rings. The standard InChI is InChI=1S/C21H21NO5S3/c1-28-13-12-16(18(24)25)22-17(23)21(29-19(26)14-8-4-2-5-9-14)30-20(27)15-10-6-3-7-11-15/h2-11,16,21H,12-13H2,1H3,(H,22,23)(H,24,25). The zero-order valence-corrected chi connectivity index (χ0v) is 18.6. The summed E-state index contributed by atoms with van der Waals surface area (Å²) >= 11 is 2.86. The molecule has 2 aromatic rings. The highest BCUT2D eigenvalue weighted by atomic mass is 32.2. The number of aliphatic carboxylic acids is 1. The van der Waals surface area contributed by atoms with Crippen LogP contribution in [0, 0.1) is 0 Å². The molecule has 2 rings (SSSR count). The molecule has 6 nitrogen and oxygen atoms in total. The van der Waals surface area contributed by atoms with E-state index in [1.807, 2.05) is 6.26 Å². The first-order valence-corrected chi connectivity index (χ1v) is 12.1. The molecule has 0 saturated carbocycles. The SMILES string of the molecule is CSCCC(NC(=O)C(SC(=O)c1ccccc1)SC(=O)c1ccccc1)C(=O)O. The molecule has 2 N–H and O–H groups in total. The Kier molecular flexibility index (Phi) is 9.99. The minimum absolute atomic E-state index is 0.240. The molecule has 1 atom stereocenters.